The lowest BCUT2D eigenvalue weighted by molar-refractivity contribution is -0.191. The van der Waals surface area contributed by atoms with Crippen molar-refractivity contribution in [3.05, 3.63) is 77.6 Å². The first-order valence-electron chi connectivity index (χ1n) is 14.1. The summed E-state index contributed by atoms with van der Waals surface area (Å²) in [5.41, 5.74) is 5.12. The Morgan fingerprint density at radius 3 is 2.00 bits per heavy atom. The Bertz CT molecular complexity index is 1330. The predicted molar refractivity (Wildman–Crippen MR) is 154 cm³/mol. The summed E-state index contributed by atoms with van der Waals surface area (Å²) < 4.78 is 25.7. The molecule has 0 unspecified atom stereocenters. The van der Waals surface area contributed by atoms with Crippen LogP contribution in [0.15, 0.2) is 60.7 Å². The molecule has 2 fully saturated rings. The Hall–Kier alpha value is -4.00. The maximum atomic E-state index is 13.6. The van der Waals surface area contributed by atoms with Crippen molar-refractivity contribution in [1.29, 1.82) is 0 Å². The van der Waals surface area contributed by atoms with Crippen molar-refractivity contribution in [2.75, 3.05) is 37.7 Å². The van der Waals surface area contributed by atoms with Gasteiger partial charge < -0.3 is 14.4 Å². The van der Waals surface area contributed by atoms with Gasteiger partial charge in [-0.25, -0.2) is 4.39 Å². The van der Waals surface area contributed by atoms with E-state index in [0.29, 0.717) is 19.6 Å². The molecule has 8 heteroatoms. The molecule has 5 rings (SSSR count). The van der Waals surface area contributed by atoms with Gasteiger partial charge in [0.2, 0.25) is 5.91 Å². The zero-order valence-corrected chi connectivity index (χ0v) is 24.0. The zero-order valence-electron chi connectivity index (χ0n) is 24.0. The van der Waals surface area contributed by atoms with Crippen LogP contribution < -0.4 is 14.4 Å². The number of anilines is 1. The van der Waals surface area contributed by atoms with Crippen molar-refractivity contribution < 1.29 is 28.2 Å². The monoisotopic (exact) mass is 560 g/mol. The van der Waals surface area contributed by atoms with Crippen LogP contribution in [0.25, 0.3) is 11.1 Å². The van der Waals surface area contributed by atoms with E-state index in [1.54, 1.807) is 12.1 Å². The summed E-state index contributed by atoms with van der Waals surface area (Å²) in [5, 5.41) is 0. The molecule has 1 spiro atoms. The van der Waals surface area contributed by atoms with Crippen molar-refractivity contribution in [2.24, 2.45) is 5.41 Å². The van der Waals surface area contributed by atoms with E-state index in [9.17, 15) is 9.18 Å². The number of nitrogens with zero attached hydrogens (tertiary/aromatic N) is 2. The molecule has 41 heavy (non-hydrogen) atoms. The van der Waals surface area contributed by atoms with Crippen LogP contribution >= 0.6 is 0 Å². The number of ether oxygens (including phenoxy) is 2. The minimum absolute atomic E-state index is 0.0534. The molecule has 0 atom stereocenters. The minimum atomic E-state index is -0.268. The van der Waals surface area contributed by atoms with E-state index in [0.717, 1.165) is 72.9 Å². The Labute approximate surface area is 240 Å². The molecule has 2 aliphatic heterocycles. The molecule has 7 nitrogen and oxygen atoms in total. The number of benzene rings is 3. The second kappa shape index (κ2) is 13.6. The molecule has 216 valence electrons. The molecular formula is C33H37FN2O5. The number of piperidine rings is 1. The van der Waals surface area contributed by atoms with Crippen LogP contribution in [0.1, 0.15) is 44.2 Å². The number of rotatable bonds is 8. The highest BCUT2D eigenvalue weighted by molar-refractivity contribution is 5.96. The van der Waals surface area contributed by atoms with E-state index in [-0.39, 0.29) is 23.3 Å². The average Bonchev–Trinajstić information content (AvgIpc) is 3.27. The van der Waals surface area contributed by atoms with Crippen molar-refractivity contribution in [2.45, 2.75) is 46.6 Å². The van der Waals surface area contributed by atoms with Gasteiger partial charge in [-0.05, 0) is 99.6 Å². The van der Waals surface area contributed by atoms with Crippen LogP contribution in [0, 0.1) is 18.2 Å². The van der Waals surface area contributed by atoms with Gasteiger partial charge in [0, 0.05) is 25.2 Å². The standard InChI is InChI=1S/C32H37FN2O3.CO2/c1-4-37-28-18-24(19-29(38-5-2)31(28)25-8-10-26(33)11-9-25)21-34-16-14-32(15-17-34)20-30(36)35(22-32)27-12-6-23(3)7-13-27;2-1-3/h6-13,18-19H,4-5,14-17,20-22H2,1-3H3;. The van der Waals surface area contributed by atoms with Crippen molar-refractivity contribution >= 4 is 17.7 Å². The fourth-order valence-electron chi connectivity index (χ4n) is 5.81. The van der Waals surface area contributed by atoms with E-state index >= 15 is 0 Å². The molecule has 3 aromatic carbocycles. The highest BCUT2D eigenvalue weighted by Gasteiger charge is 2.45. The third kappa shape index (κ3) is 7.20. The van der Waals surface area contributed by atoms with E-state index < -0.39 is 0 Å². The van der Waals surface area contributed by atoms with Crippen molar-refractivity contribution in [3.8, 4) is 22.6 Å². The van der Waals surface area contributed by atoms with Crippen LogP contribution in [0.5, 0.6) is 11.5 Å². The lowest BCUT2D eigenvalue weighted by atomic mass is 9.77. The summed E-state index contributed by atoms with van der Waals surface area (Å²) in [6.07, 6.45) is 2.89. The number of carbonyl (C=O) groups excluding carboxylic acids is 3. The quantitative estimate of drug-likeness (QED) is 0.335. The third-order valence-corrected chi connectivity index (χ3v) is 7.85. The molecule has 3 aromatic rings. The number of likely N-dealkylation sites (tertiary alicyclic amines) is 1. The first-order chi connectivity index (χ1) is 19.8. The molecule has 0 saturated carbocycles. The summed E-state index contributed by atoms with van der Waals surface area (Å²) in [5.74, 6) is 1.48. The molecule has 0 bridgehead atoms. The highest BCUT2D eigenvalue weighted by atomic mass is 19.1. The number of amides is 1. The molecule has 0 aliphatic carbocycles. The van der Waals surface area contributed by atoms with Crippen LogP contribution in [0.4, 0.5) is 10.1 Å². The third-order valence-electron chi connectivity index (χ3n) is 7.85. The van der Waals surface area contributed by atoms with Gasteiger partial charge in [0.15, 0.2) is 0 Å². The second-order valence-corrected chi connectivity index (χ2v) is 10.7. The lowest BCUT2D eigenvalue weighted by Gasteiger charge is -2.39. The number of aryl methyl sites for hydroxylation is 1. The molecule has 2 aliphatic rings. The van der Waals surface area contributed by atoms with E-state index in [1.165, 1.54) is 17.7 Å². The van der Waals surface area contributed by atoms with Crippen molar-refractivity contribution in [3.63, 3.8) is 0 Å². The predicted octanol–water partition coefficient (Wildman–Crippen LogP) is 6.03. The fraction of sp³-hybridized carbons (Fsp3) is 0.394. The lowest BCUT2D eigenvalue weighted by Crippen LogP contribution is -2.41. The normalized spacial score (nSPS) is 16.2. The largest absolute Gasteiger partial charge is 0.493 e. The van der Waals surface area contributed by atoms with E-state index in [4.69, 9.17) is 19.1 Å². The van der Waals surface area contributed by atoms with Gasteiger partial charge in [-0.1, -0.05) is 29.8 Å². The summed E-state index contributed by atoms with van der Waals surface area (Å²) >= 11 is 0. The SMILES string of the molecule is CCOc1cc(CN2CCC3(CC2)CC(=O)N(c2ccc(C)cc2)C3)cc(OCC)c1-c1ccc(F)cc1.O=C=O. The molecule has 2 heterocycles. The van der Waals surface area contributed by atoms with Crippen LogP contribution in [-0.2, 0) is 20.9 Å². The van der Waals surface area contributed by atoms with Gasteiger partial charge in [-0.3, -0.25) is 9.69 Å². The number of carbonyl (C=O) groups is 1. The fourth-order valence-corrected chi connectivity index (χ4v) is 5.81. The van der Waals surface area contributed by atoms with Gasteiger partial charge in [0.05, 0.1) is 18.8 Å². The molecule has 0 aromatic heterocycles. The summed E-state index contributed by atoms with van der Waals surface area (Å²) in [7, 11) is 0. The highest BCUT2D eigenvalue weighted by Crippen LogP contribution is 2.44. The average molecular weight is 561 g/mol. The summed E-state index contributed by atoms with van der Waals surface area (Å²) in [6.45, 7) is 10.5. The topological polar surface area (TPSA) is 76.2 Å². The summed E-state index contributed by atoms with van der Waals surface area (Å²) in [4.78, 5) is 33.6. The Kier molecular flexibility index (Phi) is 9.92. The minimum Gasteiger partial charge on any atom is -0.493 e. The molecular weight excluding hydrogens is 523 g/mol. The van der Waals surface area contributed by atoms with Crippen LogP contribution in [0.3, 0.4) is 0 Å². The second-order valence-electron chi connectivity index (χ2n) is 10.7. The van der Waals surface area contributed by atoms with Gasteiger partial charge >= 0.3 is 6.15 Å². The first kappa shape index (κ1) is 30.0. The zero-order chi connectivity index (χ0) is 29.4. The van der Waals surface area contributed by atoms with Gasteiger partial charge in [0.25, 0.3) is 0 Å². The Morgan fingerprint density at radius 1 is 0.902 bits per heavy atom. The molecule has 0 N–H and O–H groups in total. The number of halogens is 1. The maximum Gasteiger partial charge on any atom is 0.373 e. The van der Waals surface area contributed by atoms with Gasteiger partial charge in [-0.2, -0.15) is 9.59 Å². The van der Waals surface area contributed by atoms with Gasteiger partial charge in [-0.15, -0.1) is 0 Å². The first-order valence-corrected chi connectivity index (χ1v) is 14.1. The molecule has 0 radical (unpaired) electrons. The number of hydrogen-bond donors (Lipinski definition) is 0. The Morgan fingerprint density at radius 2 is 1.46 bits per heavy atom. The van der Waals surface area contributed by atoms with Crippen LogP contribution in [0.2, 0.25) is 0 Å². The number of hydrogen-bond acceptors (Lipinski definition) is 6. The molecule has 1 amide bonds. The van der Waals surface area contributed by atoms with E-state index in [1.807, 2.05) is 18.7 Å². The van der Waals surface area contributed by atoms with Crippen molar-refractivity contribution in [1.82, 2.24) is 4.90 Å². The Balaban J connectivity index is 0.00000124. The molecule has 2 saturated heterocycles. The van der Waals surface area contributed by atoms with E-state index in [2.05, 4.69) is 48.2 Å². The smallest absolute Gasteiger partial charge is 0.373 e. The summed E-state index contributed by atoms with van der Waals surface area (Å²) in [6, 6.07) is 18.9. The van der Waals surface area contributed by atoms with Crippen LogP contribution in [-0.4, -0.2) is 49.8 Å². The maximum absolute atomic E-state index is 13.6. The van der Waals surface area contributed by atoms with Gasteiger partial charge in [0.1, 0.15) is 17.3 Å².